The van der Waals surface area contributed by atoms with Crippen molar-refractivity contribution in [3.8, 4) is 0 Å². The molecule has 0 aromatic rings. The number of aliphatic hydroxyl groups is 1. The van der Waals surface area contributed by atoms with Crippen LogP contribution in [0.1, 0.15) is 12.8 Å². The van der Waals surface area contributed by atoms with Gasteiger partial charge in [0.25, 0.3) is 5.91 Å². The number of rotatable bonds is 4. The highest BCUT2D eigenvalue weighted by Gasteiger charge is 2.36. The van der Waals surface area contributed by atoms with E-state index in [1.807, 2.05) is 0 Å². The highest BCUT2D eigenvalue weighted by atomic mass is 16.6. The first kappa shape index (κ1) is 10.9. The molecule has 1 unspecified atom stereocenters. The number of hydrogen-bond acceptors (Lipinski definition) is 4. The zero-order valence-corrected chi connectivity index (χ0v) is 8.72. The Morgan fingerprint density at radius 2 is 2.20 bits per heavy atom. The van der Waals surface area contributed by atoms with Crippen molar-refractivity contribution in [2.75, 3.05) is 33.0 Å². The first-order valence-corrected chi connectivity index (χ1v) is 5.43. The van der Waals surface area contributed by atoms with Gasteiger partial charge in [-0.25, -0.2) is 0 Å². The normalized spacial score (nSPS) is 26.3. The van der Waals surface area contributed by atoms with Gasteiger partial charge in [-0.1, -0.05) is 0 Å². The van der Waals surface area contributed by atoms with Gasteiger partial charge in [0.1, 0.15) is 0 Å². The molecule has 1 aliphatic heterocycles. The van der Waals surface area contributed by atoms with Crippen LogP contribution >= 0.6 is 0 Å². The Bertz CT molecular complexity index is 223. The van der Waals surface area contributed by atoms with E-state index in [-0.39, 0.29) is 12.5 Å². The number of ether oxygens (including phenoxy) is 2. The highest BCUT2D eigenvalue weighted by molar-refractivity contribution is 5.81. The largest absolute Gasteiger partial charge is 0.395 e. The van der Waals surface area contributed by atoms with Crippen LogP contribution in [0, 0.1) is 0 Å². The second kappa shape index (κ2) is 4.92. The minimum atomic E-state index is -0.467. The molecule has 5 heteroatoms. The van der Waals surface area contributed by atoms with E-state index in [4.69, 9.17) is 14.6 Å². The van der Waals surface area contributed by atoms with Crippen LogP contribution in [0.15, 0.2) is 0 Å². The van der Waals surface area contributed by atoms with Gasteiger partial charge in [0.05, 0.1) is 26.4 Å². The molecule has 1 atom stereocenters. The van der Waals surface area contributed by atoms with Gasteiger partial charge in [-0.05, 0) is 12.8 Å². The van der Waals surface area contributed by atoms with Crippen molar-refractivity contribution in [3.63, 3.8) is 0 Å². The van der Waals surface area contributed by atoms with Gasteiger partial charge in [-0.15, -0.1) is 0 Å². The van der Waals surface area contributed by atoms with Crippen molar-refractivity contribution in [1.29, 1.82) is 0 Å². The second-order valence-corrected chi connectivity index (χ2v) is 3.92. The SMILES string of the molecule is O=C(C1COCCO1)N(CCO)C1CC1. The molecule has 0 spiro atoms. The molecular weight excluding hydrogens is 198 g/mol. The zero-order valence-electron chi connectivity index (χ0n) is 8.72. The Kier molecular flexibility index (Phi) is 3.56. The van der Waals surface area contributed by atoms with Crippen molar-refractivity contribution in [1.82, 2.24) is 4.90 Å². The van der Waals surface area contributed by atoms with E-state index < -0.39 is 6.10 Å². The van der Waals surface area contributed by atoms with E-state index in [9.17, 15) is 4.79 Å². The smallest absolute Gasteiger partial charge is 0.254 e. The van der Waals surface area contributed by atoms with Crippen LogP contribution in [-0.2, 0) is 14.3 Å². The fourth-order valence-corrected chi connectivity index (χ4v) is 1.78. The monoisotopic (exact) mass is 215 g/mol. The Hall–Kier alpha value is -0.650. The summed E-state index contributed by atoms with van der Waals surface area (Å²) in [6.07, 6.45) is 1.62. The molecule has 86 valence electrons. The molecule has 5 nitrogen and oxygen atoms in total. The maximum atomic E-state index is 12.0. The molecule has 0 bridgehead atoms. The van der Waals surface area contributed by atoms with Gasteiger partial charge < -0.3 is 19.5 Å². The molecule has 0 aromatic carbocycles. The van der Waals surface area contributed by atoms with Crippen LogP contribution in [0.4, 0.5) is 0 Å². The van der Waals surface area contributed by atoms with Crippen LogP contribution in [0.3, 0.4) is 0 Å². The molecule has 1 heterocycles. The molecule has 0 radical (unpaired) electrons. The van der Waals surface area contributed by atoms with Crippen molar-refractivity contribution in [2.24, 2.45) is 0 Å². The standard InChI is InChI=1S/C10H17NO4/c12-4-3-11(8-1-2-8)10(13)9-7-14-5-6-15-9/h8-9,12H,1-7H2. The van der Waals surface area contributed by atoms with E-state index in [1.54, 1.807) is 4.90 Å². The Labute approximate surface area is 89.0 Å². The number of nitrogens with zero attached hydrogens (tertiary/aromatic N) is 1. The molecular formula is C10H17NO4. The molecule has 0 aromatic heterocycles. The lowest BCUT2D eigenvalue weighted by atomic mass is 10.3. The third-order valence-corrected chi connectivity index (χ3v) is 2.70. The molecule has 2 fully saturated rings. The summed E-state index contributed by atoms with van der Waals surface area (Å²) in [7, 11) is 0. The Morgan fingerprint density at radius 1 is 1.40 bits per heavy atom. The molecule has 1 N–H and O–H groups in total. The first-order valence-electron chi connectivity index (χ1n) is 5.43. The fourth-order valence-electron chi connectivity index (χ4n) is 1.78. The van der Waals surface area contributed by atoms with Crippen LogP contribution in [0.25, 0.3) is 0 Å². The minimum Gasteiger partial charge on any atom is -0.395 e. The number of carbonyl (C=O) groups is 1. The van der Waals surface area contributed by atoms with Crippen molar-refractivity contribution in [2.45, 2.75) is 25.0 Å². The van der Waals surface area contributed by atoms with Crippen LogP contribution in [0.2, 0.25) is 0 Å². The van der Waals surface area contributed by atoms with Gasteiger partial charge in [0, 0.05) is 12.6 Å². The molecule has 1 aliphatic carbocycles. The summed E-state index contributed by atoms with van der Waals surface area (Å²) in [6.45, 7) is 1.80. The zero-order chi connectivity index (χ0) is 10.7. The van der Waals surface area contributed by atoms with Gasteiger partial charge in [-0.3, -0.25) is 4.79 Å². The van der Waals surface area contributed by atoms with Gasteiger partial charge >= 0.3 is 0 Å². The fraction of sp³-hybridized carbons (Fsp3) is 0.900. The predicted octanol–water partition coefficient (Wildman–Crippen LogP) is -0.615. The van der Waals surface area contributed by atoms with E-state index in [0.717, 1.165) is 12.8 Å². The minimum absolute atomic E-state index is 0.00974. The molecule has 2 aliphatic rings. The second-order valence-electron chi connectivity index (χ2n) is 3.92. The highest BCUT2D eigenvalue weighted by Crippen LogP contribution is 2.27. The average Bonchev–Trinajstić information content (AvgIpc) is 3.10. The lowest BCUT2D eigenvalue weighted by Gasteiger charge is -2.29. The third-order valence-electron chi connectivity index (χ3n) is 2.70. The van der Waals surface area contributed by atoms with E-state index in [1.165, 1.54) is 0 Å². The number of amides is 1. The summed E-state index contributed by atoms with van der Waals surface area (Å²) < 4.78 is 10.5. The summed E-state index contributed by atoms with van der Waals surface area (Å²) in [6, 6.07) is 0.315. The number of hydrogen-bond donors (Lipinski definition) is 1. The number of aliphatic hydroxyl groups excluding tert-OH is 1. The Balaban J connectivity index is 1.90. The van der Waals surface area contributed by atoms with E-state index in [2.05, 4.69) is 0 Å². The van der Waals surface area contributed by atoms with Crippen molar-refractivity contribution >= 4 is 5.91 Å². The summed E-state index contributed by atoms with van der Waals surface area (Å²) in [4.78, 5) is 13.7. The van der Waals surface area contributed by atoms with Crippen LogP contribution < -0.4 is 0 Å². The quantitative estimate of drug-likeness (QED) is 0.679. The van der Waals surface area contributed by atoms with E-state index >= 15 is 0 Å². The topological polar surface area (TPSA) is 59.0 Å². The van der Waals surface area contributed by atoms with Crippen LogP contribution in [0.5, 0.6) is 0 Å². The summed E-state index contributed by atoms with van der Waals surface area (Å²) in [5.41, 5.74) is 0. The van der Waals surface area contributed by atoms with Gasteiger partial charge in [0.15, 0.2) is 6.10 Å². The summed E-state index contributed by atoms with van der Waals surface area (Å²) in [5, 5.41) is 8.89. The lowest BCUT2D eigenvalue weighted by Crippen LogP contribution is -2.47. The molecule has 15 heavy (non-hydrogen) atoms. The van der Waals surface area contributed by atoms with Crippen molar-refractivity contribution in [3.05, 3.63) is 0 Å². The lowest BCUT2D eigenvalue weighted by molar-refractivity contribution is -0.159. The molecule has 1 saturated carbocycles. The molecule has 2 rings (SSSR count). The molecule has 1 saturated heterocycles. The third kappa shape index (κ3) is 2.68. The maximum Gasteiger partial charge on any atom is 0.254 e. The Morgan fingerprint density at radius 3 is 2.73 bits per heavy atom. The average molecular weight is 215 g/mol. The van der Waals surface area contributed by atoms with Crippen LogP contribution in [-0.4, -0.2) is 61.0 Å². The summed E-state index contributed by atoms with van der Waals surface area (Å²) >= 11 is 0. The predicted molar refractivity (Wildman–Crippen MR) is 52.4 cm³/mol. The van der Waals surface area contributed by atoms with Gasteiger partial charge in [-0.2, -0.15) is 0 Å². The maximum absolute atomic E-state index is 12.0. The molecule has 1 amide bonds. The summed E-state index contributed by atoms with van der Waals surface area (Å²) in [5.74, 6) is -0.0359. The van der Waals surface area contributed by atoms with Gasteiger partial charge in [0.2, 0.25) is 0 Å². The van der Waals surface area contributed by atoms with E-state index in [0.29, 0.717) is 32.4 Å². The number of carbonyl (C=O) groups excluding carboxylic acids is 1. The first-order chi connectivity index (χ1) is 7.33. The van der Waals surface area contributed by atoms with Crippen molar-refractivity contribution < 1.29 is 19.4 Å².